The number of amides is 7. The van der Waals surface area contributed by atoms with Crippen molar-refractivity contribution in [1.82, 2.24) is 36.8 Å². The molecule has 2 aromatic rings. The summed E-state index contributed by atoms with van der Waals surface area (Å²) in [7, 11) is 2.85. The maximum Gasteiger partial charge on any atom is 0.327 e. The monoisotopic (exact) mass is 1000 g/mol. The number of aryl methyl sites for hydroxylation is 1. The van der Waals surface area contributed by atoms with Crippen molar-refractivity contribution in [1.29, 1.82) is 0 Å². The summed E-state index contributed by atoms with van der Waals surface area (Å²) >= 11 is 0. The maximum atomic E-state index is 14.5. The molecule has 392 valence electrons. The predicted molar refractivity (Wildman–Crippen MR) is 269 cm³/mol. The standard InChI is InChI=1S/C53H73N7O12/c1-30(2)27-42-51(67)59-45(53(70)71)34(6)47(63)56-40(24-22-37-17-13-11-14-18-37)50(66)55-39(23-21-31(3)28-32(4)43(72-10)29-38-19-15-12-16-20-38)33(5)46(62)57-41(52(68)69)25-26-44(61)60(9)36(8)49(65)54-35(7)48(64)58-42/h11-21,23,28,30,32-35,39-43,45H,8,22,24-27,29H2,1-7,9-10H3,(H,54,65)(H,55,66)(H,56,63)(H,57,62)(H,58,64)(H,59,67)(H,68,69)(H,70,71)/b23-21+,31-28+/t32-,33-,34+,35+,39-,40-,41+,42-,43-,45+/m0/s1. The van der Waals surface area contributed by atoms with Crippen LogP contribution in [0.2, 0.25) is 0 Å². The fraction of sp³-hybridized carbons (Fsp3) is 0.491. The molecule has 3 rings (SSSR count). The Balaban J connectivity index is 2.13. The number of hydrogen-bond donors (Lipinski definition) is 8. The molecule has 1 heterocycles. The number of rotatable bonds is 14. The second kappa shape index (κ2) is 28.6. The largest absolute Gasteiger partial charge is 0.480 e. The molecule has 0 spiro atoms. The van der Waals surface area contributed by atoms with E-state index in [1.165, 1.54) is 27.8 Å². The van der Waals surface area contributed by atoms with Crippen LogP contribution < -0.4 is 31.9 Å². The summed E-state index contributed by atoms with van der Waals surface area (Å²) in [5.41, 5.74) is 2.22. The highest BCUT2D eigenvalue weighted by Crippen LogP contribution is 2.19. The molecule has 0 aromatic heterocycles. The van der Waals surface area contributed by atoms with Gasteiger partial charge in [-0.1, -0.05) is 126 Å². The lowest BCUT2D eigenvalue weighted by Crippen LogP contribution is -2.59. The number of nitrogens with zero attached hydrogens (tertiary/aromatic N) is 1. The minimum Gasteiger partial charge on any atom is -0.480 e. The van der Waals surface area contributed by atoms with Crippen molar-refractivity contribution in [3.05, 3.63) is 108 Å². The van der Waals surface area contributed by atoms with Gasteiger partial charge in [-0.3, -0.25) is 33.6 Å². The minimum absolute atomic E-state index is 0.00111. The smallest absolute Gasteiger partial charge is 0.327 e. The van der Waals surface area contributed by atoms with Crippen molar-refractivity contribution in [3.63, 3.8) is 0 Å². The molecule has 1 saturated heterocycles. The van der Waals surface area contributed by atoms with Crippen LogP contribution in [0, 0.1) is 23.7 Å². The van der Waals surface area contributed by atoms with Crippen LogP contribution in [0.1, 0.15) is 85.3 Å². The number of ether oxygens (including phenoxy) is 1. The molecule has 7 amide bonds. The maximum absolute atomic E-state index is 14.5. The van der Waals surface area contributed by atoms with E-state index in [1.807, 2.05) is 68.5 Å². The lowest BCUT2D eigenvalue weighted by atomic mass is 9.94. The number of benzene rings is 2. The van der Waals surface area contributed by atoms with E-state index < -0.39 is 120 Å². The van der Waals surface area contributed by atoms with E-state index in [9.17, 15) is 53.4 Å². The highest BCUT2D eigenvalue weighted by molar-refractivity contribution is 6.00. The van der Waals surface area contributed by atoms with Crippen molar-refractivity contribution in [2.75, 3.05) is 14.2 Å². The molecule has 19 nitrogen and oxygen atoms in total. The summed E-state index contributed by atoms with van der Waals surface area (Å²) in [4.78, 5) is 123. The Labute approximate surface area is 422 Å². The highest BCUT2D eigenvalue weighted by Gasteiger charge is 2.37. The Morgan fingerprint density at radius 3 is 1.89 bits per heavy atom. The average Bonchev–Trinajstić information content (AvgIpc) is 3.34. The highest BCUT2D eigenvalue weighted by atomic mass is 16.5. The van der Waals surface area contributed by atoms with E-state index in [1.54, 1.807) is 45.2 Å². The molecule has 10 atom stereocenters. The molecule has 1 aliphatic rings. The predicted octanol–water partition coefficient (Wildman–Crippen LogP) is 3.20. The SMILES string of the molecule is C=C1C(=O)N[C@H](C)C(=O)N[C@@H](CC(C)C)C(=O)N[C@@H](C(=O)O)[C@@H](C)C(=O)N[C@@H](CCc2ccccc2)C(=O)N[C@@H](/C=C/C(C)=C/[C@H](C)[C@H](Cc2ccccc2)OC)[C@H](C)C(=O)N[C@@H](C(=O)O)CCC(=O)N1C. The number of nitrogens with one attached hydrogen (secondary N) is 6. The molecule has 19 heteroatoms. The number of methoxy groups -OCH3 is 1. The lowest BCUT2D eigenvalue weighted by molar-refractivity contribution is -0.146. The number of aliphatic carboxylic acids is 2. The summed E-state index contributed by atoms with van der Waals surface area (Å²) in [5.74, 6) is -12.0. The van der Waals surface area contributed by atoms with Crippen LogP contribution in [-0.4, -0.2) is 125 Å². The first kappa shape index (κ1) is 59.2. The van der Waals surface area contributed by atoms with Crippen LogP contribution in [0.4, 0.5) is 0 Å². The van der Waals surface area contributed by atoms with Crippen LogP contribution in [0.25, 0.3) is 0 Å². The van der Waals surface area contributed by atoms with Crippen LogP contribution in [0.5, 0.6) is 0 Å². The molecule has 8 N–H and O–H groups in total. The molecule has 0 unspecified atom stereocenters. The summed E-state index contributed by atoms with van der Waals surface area (Å²) in [6.45, 7) is 15.0. The number of carbonyl (C=O) groups excluding carboxylic acids is 7. The summed E-state index contributed by atoms with van der Waals surface area (Å²) in [6.07, 6.45) is 5.06. The van der Waals surface area contributed by atoms with Gasteiger partial charge in [-0.15, -0.1) is 0 Å². The van der Waals surface area contributed by atoms with E-state index in [0.717, 1.165) is 21.6 Å². The van der Waals surface area contributed by atoms with Gasteiger partial charge in [0.2, 0.25) is 35.4 Å². The zero-order valence-electron chi connectivity index (χ0n) is 42.7. The van der Waals surface area contributed by atoms with Gasteiger partial charge in [0.25, 0.3) is 5.91 Å². The molecule has 2 aromatic carbocycles. The molecule has 0 aliphatic carbocycles. The Kier molecular flexibility index (Phi) is 23.5. The van der Waals surface area contributed by atoms with Gasteiger partial charge >= 0.3 is 11.9 Å². The van der Waals surface area contributed by atoms with Gasteiger partial charge < -0.3 is 51.8 Å². The number of allylic oxidation sites excluding steroid dienone is 2. The van der Waals surface area contributed by atoms with Gasteiger partial charge in [-0.2, -0.15) is 0 Å². The second-order valence-electron chi connectivity index (χ2n) is 18.8. The number of carboxylic acids is 2. The third-order valence-corrected chi connectivity index (χ3v) is 12.6. The number of likely N-dealkylation sites (N-methyl/N-ethyl adjacent to an activating group) is 1. The number of carboxylic acid groups (broad SMARTS) is 2. The van der Waals surface area contributed by atoms with Gasteiger partial charge in [0.1, 0.15) is 35.9 Å². The molecule has 1 fully saturated rings. The zero-order chi connectivity index (χ0) is 53.8. The summed E-state index contributed by atoms with van der Waals surface area (Å²) in [6, 6.07) is 10.3. The molecule has 1 aliphatic heterocycles. The van der Waals surface area contributed by atoms with E-state index in [-0.39, 0.29) is 37.2 Å². The molecule has 0 radical (unpaired) electrons. The van der Waals surface area contributed by atoms with Crippen molar-refractivity contribution in [3.8, 4) is 0 Å². The lowest BCUT2D eigenvalue weighted by Gasteiger charge is -2.28. The third kappa shape index (κ3) is 18.5. The number of carbonyl (C=O) groups is 9. The first-order valence-electron chi connectivity index (χ1n) is 24.1. The van der Waals surface area contributed by atoms with E-state index in [2.05, 4.69) is 38.5 Å². The van der Waals surface area contributed by atoms with Crippen molar-refractivity contribution >= 4 is 53.3 Å². The summed E-state index contributed by atoms with van der Waals surface area (Å²) < 4.78 is 5.84. The van der Waals surface area contributed by atoms with E-state index in [4.69, 9.17) is 4.74 Å². The van der Waals surface area contributed by atoms with Crippen molar-refractivity contribution < 1.29 is 58.1 Å². The van der Waals surface area contributed by atoms with E-state index in [0.29, 0.717) is 6.42 Å². The van der Waals surface area contributed by atoms with Gasteiger partial charge in [-0.25, -0.2) is 9.59 Å². The molecule has 0 bridgehead atoms. The molecular weight excluding hydrogens is 927 g/mol. The fourth-order valence-corrected chi connectivity index (χ4v) is 7.91. The Morgan fingerprint density at radius 2 is 1.32 bits per heavy atom. The van der Waals surface area contributed by atoms with Gasteiger partial charge in [-0.05, 0) is 63.0 Å². The van der Waals surface area contributed by atoms with Crippen LogP contribution in [-0.2, 0) is 60.7 Å². The van der Waals surface area contributed by atoms with Crippen molar-refractivity contribution in [2.45, 2.75) is 129 Å². The Hall–Kier alpha value is -7.15. The third-order valence-electron chi connectivity index (χ3n) is 12.6. The summed E-state index contributed by atoms with van der Waals surface area (Å²) in [5, 5.41) is 35.9. The van der Waals surface area contributed by atoms with Crippen LogP contribution in [0.3, 0.4) is 0 Å². The van der Waals surface area contributed by atoms with Crippen LogP contribution >= 0.6 is 0 Å². The van der Waals surface area contributed by atoms with Gasteiger partial charge in [0, 0.05) is 26.5 Å². The first-order chi connectivity index (χ1) is 33.9. The first-order valence-corrected chi connectivity index (χ1v) is 24.1. The molecule has 72 heavy (non-hydrogen) atoms. The fourth-order valence-electron chi connectivity index (χ4n) is 7.91. The molecular formula is C53H73N7O12. The zero-order valence-corrected chi connectivity index (χ0v) is 42.7. The topological polar surface area (TPSA) is 279 Å². The quantitative estimate of drug-likeness (QED) is 0.100. The number of hydrogen-bond acceptors (Lipinski definition) is 10. The Bertz CT molecular complexity index is 2300. The molecule has 0 saturated carbocycles. The van der Waals surface area contributed by atoms with Crippen molar-refractivity contribution in [2.24, 2.45) is 23.7 Å². The van der Waals surface area contributed by atoms with E-state index >= 15 is 0 Å². The Morgan fingerprint density at radius 1 is 0.750 bits per heavy atom. The van der Waals surface area contributed by atoms with Gasteiger partial charge in [0.15, 0.2) is 0 Å². The van der Waals surface area contributed by atoms with Crippen LogP contribution in [0.15, 0.2) is 96.7 Å². The normalized spacial score (nSPS) is 25.2. The van der Waals surface area contributed by atoms with Gasteiger partial charge in [0.05, 0.1) is 24.0 Å². The second-order valence-corrected chi connectivity index (χ2v) is 18.8. The minimum atomic E-state index is -1.85. The average molecular weight is 1000 g/mol.